The van der Waals surface area contributed by atoms with E-state index in [2.05, 4.69) is 4.98 Å². The Bertz CT molecular complexity index is 314. The van der Waals surface area contributed by atoms with Crippen molar-refractivity contribution in [1.82, 2.24) is 4.98 Å². The second-order valence-corrected chi connectivity index (χ2v) is 2.30. The van der Waals surface area contributed by atoms with Gasteiger partial charge in [-0.25, -0.2) is 18.2 Å². The third-order valence-electron chi connectivity index (χ3n) is 1.48. The van der Waals surface area contributed by atoms with Crippen molar-refractivity contribution in [3.63, 3.8) is 0 Å². The van der Waals surface area contributed by atoms with Crippen molar-refractivity contribution in [1.29, 1.82) is 0 Å². The van der Waals surface area contributed by atoms with E-state index in [1.165, 1.54) is 0 Å². The maximum absolute atomic E-state index is 12.8. The number of aromatic nitrogens is 1. The predicted octanol–water partition coefficient (Wildman–Crippen LogP) is 1.76. The van der Waals surface area contributed by atoms with Crippen LogP contribution in [0.2, 0.25) is 0 Å². The molecule has 1 aromatic heterocycles. The highest BCUT2D eigenvalue weighted by molar-refractivity contribution is 5.22. The molecule has 13 heavy (non-hydrogen) atoms. The first kappa shape index (κ1) is 9.91. The fraction of sp³-hybridized carbons (Fsp3) is 0.286. The molecule has 1 aromatic rings. The Labute approximate surface area is 71.4 Å². The number of halogens is 4. The van der Waals surface area contributed by atoms with Gasteiger partial charge < -0.3 is 5.73 Å². The fourth-order valence-corrected chi connectivity index (χ4v) is 0.911. The zero-order chi connectivity index (χ0) is 10.0. The van der Waals surface area contributed by atoms with Gasteiger partial charge in [-0.15, -0.1) is 0 Å². The molecular formula is C7H6F4N2. The van der Waals surface area contributed by atoms with Crippen LogP contribution < -0.4 is 5.73 Å². The van der Waals surface area contributed by atoms with Gasteiger partial charge in [-0.2, -0.15) is 4.39 Å². The van der Waals surface area contributed by atoms with Crippen molar-refractivity contribution in [3.05, 3.63) is 29.1 Å². The maximum Gasteiger partial charge on any atom is 0.280 e. The summed E-state index contributed by atoms with van der Waals surface area (Å²) >= 11 is 0. The molecule has 0 radical (unpaired) electrons. The maximum atomic E-state index is 12.8. The molecule has 0 aromatic carbocycles. The van der Waals surface area contributed by atoms with Crippen LogP contribution in [0.1, 0.15) is 17.7 Å². The third kappa shape index (κ3) is 1.95. The minimum Gasteiger partial charge on any atom is -0.326 e. The molecule has 0 amide bonds. The van der Waals surface area contributed by atoms with Crippen LogP contribution in [-0.4, -0.2) is 4.98 Å². The minimum atomic E-state index is -3.02. The highest BCUT2D eigenvalue weighted by Crippen LogP contribution is 2.22. The van der Waals surface area contributed by atoms with Crippen LogP contribution in [-0.2, 0) is 6.54 Å². The van der Waals surface area contributed by atoms with Crippen LogP contribution in [0.3, 0.4) is 0 Å². The molecule has 2 N–H and O–H groups in total. The smallest absolute Gasteiger partial charge is 0.280 e. The summed E-state index contributed by atoms with van der Waals surface area (Å²) in [5.74, 6) is -2.37. The third-order valence-corrected chi connectivity index (χ3v) is 1.48. The van der Waals surface area contributed by atoms with Gasteiger partial charge in [0, 0.05) is 18.2 Å². The molecule has 0 bridgehead atoms. The number of alkyl halides is 2. The molecule has 1 heterocycles. The van der Waals surface area contributed by atoms with Gasteiger partial charge in [0.25, 0.3) is 6.43 Å². The Morgan fingerprint density at radius 3 is 2.46 bits per heavy atom. The lowest BCUT2D eigenvalue weighted by Gasteiger charge is -2.06. The summed E-state index contributed by atoms with van der Waals surface area (Å²) in [6.07, 6.45) is -3.02. The molecule has 1 rings (SSSR count). The molecule has 0 atom stereocenters. The topological polar surface area (TPSA) is 38.9 Å². The molecule has 0 saturated carbocycles. The second-order valence-electron chi connectivity index (χ2n) is 2.30. The van der Waals surface area contributed by atoms with Gasteiger partial charge >= 0.3 is 0 Å². The molecule has 0 aliphatic heterocycles. The van der Waals surface area contributed by atoms with Gasteiger partial charge in [-0.3, -0.25) is 0 Å². The summed E-state index contributed by atoms with van der Waals surface area (Å²) in [4.78, 5) is 2.87. The zero-order valence-electron chi connectivity index (χ0n) is 6.40. The van der Waals surface area contributed by atoms with Crippen molar-refractivity contribution < 1.29 is 17.6 Å². The van der Waals surface area contributed by atoms with E-state index in [4.69, 9.17) is 5.73 Å². The molecule has 72 valence electrons. The number of hydrogen-bond donors (Lipinski definition) is 1. The summed E-state index contributed by atoms with van der Waals surface area (Å²) in [6, 6.07) is 0.425. The monoisotopic (exact) mass is 194 g/mol. The van der Waals surface area contributed by atoms with Crippen molar-refractivity contribution in [2.75, 3.05) is 0 Å². The molecule has 0 aliphatic carbocycles. The van der Waals surface area contributed by atoms with E-state index in [-0.39, 0.29) is 0 Å². The van der Waals surface area contributed by atoms with Gasteiger partial charge in [0.2, 0.25) is 5.95 Å². The number of pyridine rings is 1. The summed E-state index contributed by atoms with van der Waals surface area (Å²) in [7, 11) is 0. The van der Waals surface area contributed by atoms with Crippen molar-refractivity contribution in [3.8, 4) is 0 Å². The lowest BCUT2D eigenvalue weighted by atomic mass is 10.2. The van der Waals surface area contributed by atoms with E-state index < -0.39 is 36.0 Å². The van der Waals surface area contributed by atoms with Crippen LogP contribution >= 0.6 is 0 Å². The van der Waals surface area contributed by atoms with E-state index in [0.717, 1.165) is 0 Å². The van der Waals surface area contributed by atoms with Crippen LogP contribution in [0.5, 0.6) is 0 Å². The summed E-state index contributed by atoms with van der Waals surface area (Å²) < 4.78 is 49.4. The Hall–Kier alpha value is -1.17. The van der Waals surface area contributed by atoms with E-state index in [9.17, 15) is 17.6 Å². The molecule has 2 nitrogen and oxygen atoms in total. The average Bonchev–Trinajstić information content (AvgIpc) is 2.02. The molecule has 0 fully saturated rings. The predicted molar refractivity (Wildman–Crippen MR) is 37.0 cm³/mol. The van der Waals surface area contributed by atoms with Gasteiger partial charge in [0.1, 0.15) is 11.5 Å². The Morgan fingerprint density at radius 2 is 2.00 bits per heavy atom. The summed E-state index contributed by atoms with van der Waals surface area (Å²) in [5.41, 5.74) is 3.63. The first-order chi connectivity index (χ1) is 6.06. The SMILES string of the molecule is NCc1c(F)cc(F)nc1C(F)F. The van der Waals surface area contributed by atoms with Crippen LogP contribution in [0, 0.1) is 11.8 Å². The molecule has 0 saturated heterocycles. The zero-order valence-corrected chi connectivity index (χ0v) is 6.40. The standard InChI is InChI=1S/C7H6F4N2/c8-4-1-5(9)13-6(7(10)11)3(4)2-12/h1,7H,2,12H2. The molecule has 0 spiro atoms. The van der Waals surface area contributed by atoms with E-state index in [1.54, 1.807) is 0 Å². The molecule has 6 heteroatoms. The van der Waals surface area contributed by atoms with Crippen LogP contribution in [0.4, 0.5) is 17.6 Å². The largest absolute Gasteiger partial charge is 0.326 e. The van der Waals surface area contributed by atoms with Gasteiger partial charge in [-0.1, -0.05) is 0 Å². The highest BCUT2D eigenvalue weighted by Gasteiger charge is 2.18. The number of hydrogen-bond acceptors (Lipinski definition) is 2. The minimum absolute atomic E-state index is 0.425. The molecule has 0 unspecified atom stereocenters. The van der Waals surface area contributed by atoms with Crippen molar-refractivity contribution in [2.45, 2.75) is 13.0 Å². The fourth-order valence-electron chi connectivity index (χ4n) is 0.911. The Balaban J connectivity index is 3.29. The van der Waals surface area contributed by atoms with Crippen molar-refractivity contribution in [2.24, 2.45) is 5.73 Å². The van der Waals surface area contributed by atoms with E-state index in [0.29, 0.717) is 6.07 Å². The Morgan fingerprint density at radius 1 is 1.38 bits per heavy atom. The summed E-state index contributed by atoms with van der Waals surface area (Å²) in [6.45, 7) is -0.432. The van der Waals surface area contributed by atoms with E-state index >= 15 is 0 Å². The highest BCUT2D eigenvalue weighted by atomic mass is 19.3. The van der Waals surface area contributed by atoms with Crippen LogP contribution in [0.25, 0.3) is 0 Å². The first-order valence-electron chi connectivity index (χ1n) is 3.39. The normalized spacial score (nSPS) is 10.9. The average molecular weight is 194 g/mol. The van der Waals surface area contributed by atoms with Crippen molar-refractivity contribution >= 4 is 0 Å². The second kappa shape index (κ2) is 3.69. The molecular weight excluding hydrogens is 188 g/mol. The van der Waals surface area contributed by atoms with Gasteiger partial charge in [0.05, 0.1) is 0 Å². The number of nitrogens with zero attached hydrogens (tertiary/aromatic N) is 1. The Kier molecular flexibility index (Phi) is 2.82. The van der Waals surface area contributed by atoms with E-state index in [1.807, 2.05) is 0 Å². The molecule has 0 aliphatic rings. The first-order valence-corrected chi connectivity index (χ1v) is 3.39. The van der Waals surface area contributed by atoms with Gasteiger partial charge in [0.15, 0.2) is 0 Å². The number of rotatable bonds is 2. The lowest BCUT2D eigenvalue weighted by molar-refractivity contribution is 0.142. The summed E-state index contributed by atoms with van der Waals surface area (Å²) in [5, 5.41) is 0. The van der Waals surface area contributed by atoms with Gasteiger partial charge in [-0.05, 0) is 0 Å². The number of nitrogens with two attached hydrogens (primary N) is 1. The lowest BCUT2D eigenvalue weighted by Crippen LogP contribution is -2.08. The quantitative estimate of drug-likeness (QED) is 0.575. The van der Waals surface area contributed by atoms with Crippen LogP contribution in [0.15, 0.2) is 6.07 Å².